The van der Waals surface area contributed by atoms with Gasteiger partial charge in [0.1, 0.15) is 11.6 Å². The van der Waals surface area contributed by atoms with Crippen molar-refractivity contribution in [1.29, 1.82) is 0 Å². The van der Waals surface area contributed by atoms with E-state index in [0.717, 1.165) is 11.6 Å². The van der Waals surface area contributed by atoms with Crippen LogP contribution in [0.1, 0.15) is 36.7 Å². The number of phenols is 1. The number of hydrogen-bond acceptors (Lipinski definition) is 2. The highest BCUT2D eigenvalue weighted by atomic mass is 19.1. The van der Waals surface area contributed by atoms with Crippen molar-refractivity contribution in [2.24, 2.45) is 0 Å². The van der Waals surface area contributed by atoms with Gasteiger partial charge in [0.25, 0.3) is 5.91 Å². The minimum Gasteiger partial charge on any atom is -0.508 e. The summed E-state index contributed by atoms with van der Waals surface area (Å²) in [5, 5.41) is 11.7. The van der Waals surface area contributed by atoms with Gasteiger partial charge in [0.05, 0.1) is 5.69 Å². The van der Waals surface area contributed by atoms with Crippen LogP contribution in [-0.4, -0.2) is 11.0 Å². The molecule has 0 aliphatic heterocycles. The highest BCUT2D eigenvalue weighted by molar-refractivity contribution is 6.05. The van der Waals surface area contributed by atoms with Crippen LogP contribution < -0.4 is 5.32 Å². The molecule has 0 aromatic heterocycles. The Morgan fingerprint density at radius 1 is 1.14 bits per heavy atom. The summed E-state index contributed by atoms with van der Waals surface area (Å²) in [4.78, 5) is 12.4. The molecule has 4 heteroatoms. The first kappa shape index (κ1) is 15.0. The maximum Gasteiger partial charge on any atom is 0.256 e. The molecule has 0 saturated heterocycles. The molecule has 0 spiro atoms. The molecule has 2 rings (SSSR count). The van der Waals surface area contributed by atoms with E-state index in [1.165, 1.54) is 12.1 Å². The fourth-order valence-electron chi connectivity index (χ4n) is 2.13. The van der Waals surface area contributed by atoms with Gasteiger partial charge in [-0.25, -0.2) is 4.39 Å². The van der Waals surface area contributed by atoms with Crippen LogP contribution in [0.3, 0.4) is 0 Å². The van der Waals surface area contributed by atoms with Gasteiger partial charge in [-0.2, -0.15) is 0 Å². The molecule has 0 fully saturated rings. The molecule has 0 bridgehead atoms. The van der Waals surface area contributed by atoms with E-state index < -0.39 is 5.82 Å². The van der Waals surface area contributed by atoms with Crippen LogP contribution in [0.4, 0.5) is 10.1 Å². The van der Waals surface area contributed by atoms with E-state index in [9.17, 15) is 14.3 Å². The molecule has 0 atom stereocenters. The average Bonchev–Trinajstić information content (AvgIpc) is 2.41. The second kappa shape index (κ2) is 5.56. The van der Waals surface area contributed by atoms with Crippen LogP contribution in [0.2, 0.25) is 0 Å². The van der Waals surface area contributed by atoms with E-state index in [1.807, 2.05) is 32.9 Å². The third kappa shape index (κ3) is 3.40. The number of amides is 1. The van der Waals surface area contributed by atoms with Crippen molar-refractivity contribution in [2.45, 2.75) is 26.2 Å². The Kier molecular flexibility index (Phi) is 3.98. The van der Waals surface area contributed by atoms with Gasteiger partial charge in [-0.3, -0.25) is 4.79 Å². The number of aromatic hydroxyl groups is 1. The summed E-state index contributed by atoms with van der Waals surface area (Å²) in [7, 11) is 0. The van der Waals surface area contributed by atoms with Crippen molar-refractivity contribution >= 4 is 11.6 Å². The number of carbonyl (C=O) groups excluding carboxylic acids is 1. The molecule has 0 aliphatic rings. The molecule has 3 nitrogen and oxygen atoms in total. The highest BCUT2D eigenvalue weighted by Crippen LogP contribution is 2.27. The molecule has 110 valence electrons. The summed E-state index contributed by atoms with van der Waals surface area (Å²) < 4.78 is 13.7. The molecular formula is C17H18FNO2. The van der Waals surface area contributed by atoms with Crippen LogP contribution in [0.25, 0.3) is 0 Å². The number of anilines is 1. The van der Waals surface area contributed by atoms with Gasteiger partial charge in [-0.05, 0) is 29.2 Å². The molecule has 0 unspecified atom stereocenters. The molecular weight excluding hydrogens is 269 g/mol. The van der Waals surface area contributed by atoms with E-state index in [4.69, 9.17) is 0 Å². The predicted molar refractivity (Wildman–Crippen MR) is 81.2 cm³/mol. The third-order valence-corrected chi connectivity index (χ3v) is 3.18. The normalized spacial score (nSPS) is 11.2. The average molecular weight is 287 g/mol. The van der Waals surface area contributed by atoms with Gasteiger partial charge in [-0.1, -0.05) is 39.0 Å². The summed E-state index contributed by atoms with van der Waals surface area (Å²) in [5.74, 6) is -1.22. The molecule has 1 amide bonds. The standard InChI is InChI=1S/C17H18FNO2/c1-17(2,3)13-7-5-4-6-12(13)16(21)19-15-9-8-11(20)10-14(15)18/h4-10,20H,1-3H3,(H,19,21). The molecule has 0 aliphatic carbocycles. The lowest BCUT2D eigenvalue weighted by molar-refractivity contribution is 0.102. The zero-order valence-corrected chi connectivity index (χ0v) is 12.3. The largest absolute Gasteiger partial charge is 0.508 e. The van der Waals surface area contributed by atoms with E-state index in [0.29, 0.717) is 5.56 Å². The molecule has 0 radical (unpaired) electrons. The molecule has 21 heavy (non-hydrogen) atoms. The zero-order chi connectivity index (χ0) is 15.6. The number of hydrogen-bond donors (Lipinski definition) is 2. The summed E-state index contributed by atoms with van der Waals surface area (Å²) in [6.07, 6.45) is 0. The van der Waals surface area contributed by atoms with Crippen LogP contribution >= 0.6 is 0 Å². The minimum absolute atomic E-state index is 0.0431. The maximum atomic E-state index is 13.7. The fraction of sp³-hybridized carbons (Fsp3) is 0.235. The second-order valence-electron chi connectivity index (χ2n) is 5.91. The summed E-state index contributed by atoms with van der Waals surface area (Å²) in [5.41, 5.74) is 1.25. The Morgan fingerprint density at radius 2 is 1.81 bits per heavy atom. The van der Waals surface area contributed by atoms with E-state index >= 15 is 0 Å². The molecule has 2 aromatic carbocycles. The topological polar surface area (TPSA) is 49.3 Å². The Morgan fingerprint density at radius 3 is 2.43 bits per heavy atom. The predicted octanol–water partition coefficient (Wildman–Crippen LogP) is 4.08. The monoisotopic (exact) mass is 287 g/mol. The maximum absolute atomic E-state index is 13.7. The highest BCUT2D eigenvalue weighted by Gasteiger charge is 2.21. The summed E-state index contributed by atoms with van der Waals surface area (Å²) in [6.45, 7) is 6.04. The first-order valence-corrected chi connectivity index (χ1v) is 6.68. The van der Waals surface area contributed by atoms with Gasteiger partial charge in [0.2, 0.25) is 0 Å². The lowest BCUT2D eigenvalue weighted by Crippen LogP contribution is -2.21. The number of nitrogens with one attached hydrogen (secondary N) is 1. The van der Waals surface area contributed by atoms with Gasteiger partial charge in [0, 0.05) is 11.6 Å². The van der Waals surface area contributed by atoms with Gasteiger partial charge in [0.15, 0.2) is 0 Å². The number of carbonyl (C=O) groups is 1. The lowest BCUT2D eigenvalue weighted by Gasteiger charge is -2.22. The van der Waals surface area contributed by atoms with E-state index in [2.05, 4.69) is 5.32 Å². The minimum atomic E-state index is -0.670. The zero-order valence-electron chi connectivity index (χ0n) is 12.3. The molecule has 2 N–H and O–H groups in total. The Hall–Kier alpha value is -2.36. The first-order valence-electron chi connectivity index (χ1n) is 6.68. The van der Waals surface area contributed by atoms with Crippen molar-refractivity contribution in [2.75, 3.05) is 5.32 Å². The Labute approximate surface area is 123 Å². The van der Waals surface area contributed by atoms with Gasteiger partial charge in [-0.15, -0.1) is 0 Å². The Bertz CT molecular complexity index is 675. The fourth-order valence-corrected chi connectivity index (χ4v) is 2.13. The smallest absolute Gasteiger partial charge is 0.256 e. The van der Waals surface area contributed by atoms with Crippen molar-refractivity contribution in [3.8, 4) is 5.75 Å². The van der Waals surface area contributed by atoms with Crippen LogP contribution in [0, 0.1) is 5.82 Å². The molecule has 0 heterocycles. The number of halogens is 1. The SMILES string of the molecule is CC(C)(C)c1ccccc1C(=O)Nc1ccc(O)cc1F. The summed E-state index contributed by atoms with van der Waals surface area (Å²) >= 11 is 0. The van der Waals surface area contributed by atoms with Crippen molar-refractivity contribution in [3.05, 3.63) is 59.4 Å². The quantitative estimate of drug-likeness (QED) is 0.818. The molecule has 2 aromatic rings. The number of benzene rings is 2. The van der Waals surface area contributed by atoms with E-state index in [1.54, 1.807) is 12.1 Å². The third-order valence-electron chi connectivity index (χ3n) is 3.18. The van der Waals surface area contributed by atoms with Crippen LogP contribution in [0.15, 0.2) is 42.5 Å². The van der Waals surface area contributed by atoms with Crippen molar-refractivity contribution < 1.29 is 14.3 Å². The Balaban J connectivity index is 2.33. The second-order valence-corrected chi connectivity index (χ2v) is 5.91. The number of phenolic OH excluding ortho intramolecular Hbond substituents is 1. The lowest BCUT2D eigenvalue weighted by atomic mass is 9.83. The van der Waals surface area contributed by atoms with Crippen molar-refractivity contribution in [1.82, 2.24) is 0 Å². The van der Waals surface area contributed by atoms with Crippen LogP contribution in [-0.2, 0) is 5.41 Å². The van der Waals surface area contributed by atoms with Crippen LogP contribution in [0.5, 0.6) is 5.75 Å². The molecule has 0 saturated carbocycles. The van der Waals surface area contributed by atoms with Crippen molar-refractivity contribution in [3.63, 3.8) is 0 Å². The van der Waals surface area contributed by atoms with Gasteiger partial charge >= 0.3 is 0 Å². The first-order chi connectivity index (χ1) is 9.79. The van der Waals surface area contributed by atoms with E-state index in [-0.39, 0.29) is 22.8 Å². The van der Waals surface area contributed by atoms with Gasteiger partial charge < -0.3 is 10.4 Å². The summed E-state index contributed by atoms with van der Waals surface area (Å²) in [6, 6.07) is 10.9. The number of rotatable bonds is 2.